The molecule has 19 heavy (non-hydrogen) atoms. The zero-order valence-electron chi connectivity index (χ0n) is 12.8. The van der Waals surface area contributed by atoms with Crippen molar-refractivity contribution >= 4 is 0 Å². The van der Waals surface area contributed by atoms with Gasteiger partial charge in [0.25, 0.3) is 0 Å². The Morgan fingerprint density at radius 3 is 2.95 bits per heavy atom. The van der Waals surface area contributed by atoms with E-state index >= 15 is 0 Å². The first-order valence-electron chi connectivity index (χ1n) is 7.49. The lowest BCUT2D eigenvalue weighted by atomic mass is 9.98. The van der Waals surface area contributed by atoms with Crippen LogP contribution in [0.4, 0.5) is 0 Å². The minimum Gasteiger partial charge on any atom is -0.310 e. The molecule has 108 valence electrons. The first kappa shape index (κ1) is 14.5. The SMILES string of the molecule is CCC1(C)CN(CCc2cnn(C)c2)C(C)CCN1. The van der Waals surface area contributed by atoms with Crippen LogP contribution in [-0.2, 0) is 13.5 Å². The highest BCUT2D eigenvalue weighted by atomic mass is 15.2. The number of aryl methyl sites for hydroxylation is 1. The molecule has 2 unspecified atom stereocenters. The Balaban J connectivity index is 1.96. The van der Waals surface area contributed by atoms with Crippen molar-refractivity contribution in [1.29, 1.82) is 0 Å². The second-order valence-corrected chi connectivity index (χ2v) is 6.22. The highest BCUT2D eigenvalue weighted by molar-refractivity contribution is 5.04. The zero-order chi connectivity index (χ0) is 13.9. The Morgan fingerprint density at radius 1 is 1.53 bits per heavy atom. The molecule has 4 heteroatoms. The van der Waals surface area contributed by atoms with Gasteiger partial charge in [-0.3, -0.25) is 9.58 Å². The summed E-state index contributed by atoms with van der Waals surface area (Å²) in [5.74, 6) is 0. The molecule has 1 aromatic heterocycles. The minimum atomic E-state index is 0.264. The summed E-state index contributed by atoms with van der Waals surface area (Å²) < 4.78 is 1.89. The molecule has 2 atom stereocenters. The molecule has 0 aromatic carbocycles. The van der Waals surface area contributed by atoms with Crippen molar-refractivity contribution in [2.24, 2.45) is 7.05 Å². The fraction of sp³-hybridized carbons (Fsp3) is 0.800. The standard InChI is InChI=1S/C15H28N4/c1-5-15(3)12-19(13(2)6-8-16-15)9-7-14-10-17-18(4)11-14/h10-11,13,16H,5-9,12H2,1-4H3. The molecule has 1 aliphatic heterocycles. The maximum atomic E-state index is 4.25. The summed E-state index contributed by atoms with van der Waals surface area (Å²) in [6, 6.07) is 0.664. The average Bonchev–Trinajstić information content (AvgIpc) is 2.73. The van der Waals surface area contributed by atoms with E-state index < -0.39 is 0 Å². The van der Waals surface area contributed by atoms with Crippen molar-refractivity contribution in [2.45, 2.75) is 51.6 Å². The van der Waals surface area contributed by atoms with Gasteiger partial charge in [-0.05, 0) is 45.2 Å². The van der Waals surface area contributed by atoms with Gasteiger partial charge >= 0.3 is 0 Å². The third-order valence-corrected chi connectivity index (χ3v) is 4.52. The number of aromatic nitrogens is 2. The number of hydrogen-bond donors (Lipinski definition) is 1. The van der Waals surface area contributed by atoms with Crippen LogP contribution in [0.1, 0.15) is 39.2 Å². The molecule has 0 spiro atoms. The highest BCUT2D eigenvalue weighted by Gasteiger charge is 2.29. The molecule has 0 radical (unpaired) electrons. The Hall–Kier alpha value is -0.870. The van der Waals surface area contributed by atoms with E-state index in [0.29, 0.717) is 6.04 Å². The lowest BCUT2D eigenvalue weighted by Gasteiger charge is -2.34. The van der Waals surface area contributed by atoms with Gasteiger partial charge in [0.2, 0.25) is 0 Å². The quantitative estimate of drug-likeness (QED) is 0.900. The Labute approximate surface area is 117 Å². The summed E-state index contributed by atoms with van der Waals surface area (Å²) in [6.07, 6.45) is 7.63. The second-order valence-electron chi connectivity index (χ2n) is 6.22. The predicted molar refractivity (Wildman–Crippen MR) is 79.3 cm³/mol. The van der Waals surface area contributed by atoms with E-state index in [-0.39, 0.29) is 5.54 Å². The number of nitrogens with one attached hydrogen (secondary N) is 1. The van der Waals surface area contributed by atoms with E-state index in [0.717, 1.165) is 26.1 Å². The summed E-state index contributed by atoms with van der Waals surface area (Å²) in [5, 5.41) is 7.96. The topological polar surface area (TPSA) is 33.1 Å². The van der Waals surface area contributed by atoms with E-state index in [1.165, 1.54) is 18.4 Å². The van der Waals surface area contributed by atoms with Gasteiger partial charge in [-0.1, -0.05) is 6.92 Å². The lowest BCUT2D eigenvalue weighted by molar-refractivity contribution is 0.173. The fourth-order valence-electron chi connectivity index (χ4n) is 2.84. The van der Waals surface area contributed by atoms with Crippen LogP contribution in [0.5, 0.6) is 0 Å². The van der Waals surface area contributed by atoms with E-state index in [1.807, 2.05) is 17.9 Å². The van der Waals surface area contributed by atoms with Gasteiger partial charge in [-0.25, -0.2) is 0 Å². The molecule has 4 nitrogen and oxygen atoms in total. The van der Waals surface area contributed by atoms with Crippen LogP contribution >= 0.6 is 0 Å². The molecule has 0 saturated carbocycles. The maximum Gasteiger partial charge on any atom is 0.0522 e. The van der Waals surface area contributed by atoms with Crippen molar-refractivity contribution in [2.75, 3.05) is 19.6 Å². The Kier molecular flexibility index (Phi) is 4.63. The first-order chi connectivity index (χ1) is 9.02. The highest BCUT2D eigenvalue weighted by Crippen LogP contribution is 2.19. The van der Waals surface area contributed by atoms with Gasteiger partial charge in [-0.2, -0.15) is 5.10 Å². The Morgan fingerprint density at radius 2 is 2.32 bits per heavy atom. The number of nitrogens with zero attached hydrogens (tertiary/aromatic N) is 3. The summed E-state index contributed by atoms with van der Waals surface area (Å²) in [5.41, 5.74) is 1.60. The summed E-state index contributed by atoms with van der Waals surface area (Å²) in [7, 11) is 1.98. The van der Waals surface area contributed by atoms with Crippen molar-refractivity contribution in [3.63, 3.8) is 0 Å². The van der Waals surface area contributed by atoms with E-state index in [1.54, 1.807) is 0 Å². The molecular formula is C15H28N4. The molecule has 1 aromatic rings. The molecule has 0 amide bonds. The van der Waals surface area contributed by atoms with Crippen molar-refractivity contribution in [3.8, 4) is 0 Å². The average molecular weight is 264 g/mol. The van der Waals surface area contributed by atoms with Crippen molar-refractivity contribution < 1.29 is 0 Å². The fourth-order valence-corrected chi connectivity index (χ4v) is 2.84. The molecule has 1 saturated heterocycles. The van der Waals surface area contributed by atoms with Crippen molar-refractivity contribution in [1.82, 2.24) is 20.0 Å². The third-order valence-electron chi connectivity index (χ3n) is 4.52. The van der Waals surface area contributed by atoms with Crippen LogP contribution in [0.25, 0.3) is 0 Å². The first-order valence-corrected chi connectivity index (χ1v) is 7.49. The number of hydrogen-bond acceptors (Lipinski definition) is 3. The zero-order valence-corrected chi connectivity index (χ0v) is 12.8. The minimum absolute atomic E-state index is 0.264. The van der Waals surface area contributed by atoms with Gasteiger partial charge in [-0.15, -0.1) is 0 Å². The van der Waals surface area contributed by atoms with Crippen LogP contribution in [0.2, 0.25) is 0 Å². The summed E-state index contributed by atoms with van der Waals surface area (Å²) in [4.78, 5) is 2.64. The molecule has 1 N–H and O–H groups in total. The molecule has 1 fully saturated rings. The van der Waals surface area contributed by atoms with Crippen LogP contribution < -0.4 is 5.32 Å². The molecular weight excluding hydrogens is 236 g/mol. The molecule has 1 aliphatic rings. The summed E-state index contributed by atoms with van der Waals surface area (Å²) in [6.45, 7) is 10.4. The predicted octanol–water partition coefficient (Wildman–Crippen LogP) is 1.82. The Bertz CT molecular complexity index is 401. The van der Waals surface area contributed by atoms with Crippen LogP contribution in [0.3, 0.4) is 0 Å². The third kappa shape index (κ3) is 3.80. The van der Waals surface area contributed by atoms with Crippen LogP contribution in [0.15, 0.2) is 12.4 Å². The van der Waals surface area contributed by atoms with Crippen LogP contribution in [-0.4, -0.2) is 45.9 Å². The van der Waals surface area contributed by atoms with Crippen LogP contribution in [0, 0.1) is 0 Å². The van der Waals surface area contributed by atoms with Gasteiger partial charge < -0.3 is 5.32 Å². The van der Waals surface area contributed by atoms with E-state index in [9.17, 15) is 0 Å². The van der Waals surface area contributed by atoms with Gasteiger partial charge in [0.1, 0.15) is 0 Å². The van der Waals surface area contributed by atoms with Gasteiger partial charge in [0.05, 0.1) is 6.20 Å². The van der Waals surface area contributed by atoms with E-state index in [2.05, 4.69) is 42.3 Å². The largest absolute Gasteiger partial charge is 0.310 e. The number of rotatable bonds is 4. The van der Waals surface area contributed by atoms with E-state index in [4.69, 9.17) is 0 Å². The summed E-state index contributed by atoms with van der Waals surface area (Å²) >= 11 is 0. The lowest BCUT2D eigenvalue weighted by Crippen LogP contribution is -2.49. The molecule has 0 bridgehead atoms. The normalized spacial score (nSPS) is 29.4. The molecule has 0 aliphatic carbocycles. The monoisotopic (exact) mass is 264 g/mol. The molecule has 2 heterocycles. The maximum absolute atomic E-state index is 4.25. The second kappa shape index (κ2) is 6.06. The van der Waals surface area contributed by atoms with Crippen molar-refractivity contribution in [3.05, 3.63) is 18.0 Å². The van der Waals surface area contributed by atoms with Gasteiger partial charge in [0, 0.05) is 37.9 Å². The molecule has 2 rings (SSSR count). The smallest absolute Gasteiger partial charge is 0.0522 e. The van der Waals surface area contributed by atoms with Gasteiger partial charge in [0.15, 0.2) is 0 Å².